The summed E-state index contributed by atoms with van der Waals surface area (Å²) in [6.07, 6.45) is 11.3. The molecule has 0 radical (unpaired) electrons. The van der Waals surface area contributed by atoms with Gasteiger partial charge in [-0.05, 0) is 24.7 Å². The Bertz CT molecular complexity index is 124. The Hall–Kier alpha value is -0.260. The molecule has 2 atom stereocenters. The lowest BCUT2D eigenvalue weighted by Crippen LogP contribution is -2.08. The molecule has 0 aromatic heterocycles. The fourth-order valence-corrected chi connectivity index (χ4v) is 1.81. The van der Waals surface area contributed by atoms with Gasteiger partial charge >= 0.3 is 0 Å². The van der Waals surface area contributed by atoms with Gasteiger partial charge in [-0.3, -0.25) is 0 Å². The number of hydrogen-bond donors (Lipinski definition) is 0. The molecule has 2 unspecified atom stereocenters. The summed E-state index contributed by atoms with van der Waals surface area (Å²) < 4.78 is 0. The monoisotopic (exact) mass is 182 g/mol. The van der Waals surface area contributed by atoms with Crippen LogP contribution in [0.5, 0.6) is 0 Å². The number of unbranched alkanes of at least 4 members (excludes halogenated alkanes) is 1. The van der Waals surface area contributed by atoms with Crippen LogP contribution in [0, 0.1) is 11.8 Å². The third-order valence-electron chi connectivity index (χ3n) is 2.87. The molecule has 0 spiro atoms. The Morgan fingerprint density at radius 2 is 1.85 bits per heavy atom. The second-order valence-corrected chi connectivity index (χ2v) is 4.01. The summed E-state index contributed by atoms with van der Waals surface area (Å²) in [5.74, 6) is 1.68. The molecule has 0 heterocycles. The second-order valence-electron chi connectivity index (χ2n) is 4.01. The highest BCUT2D eigenvalue weighted by Crippen LogP contribution is 2.22. The van der Waals surface area contributed by atoms with Gasteiger partial charge in [0.15, 0.2) is 0 Å². The third kappa shape index (κ3) is 5.90. The van der Waals surface area contributed by atoms with Crippen molar-refractivity contribution < 1.29 is 0 Å². The van der Waals surface area contributed by atoms with Gasteiger partial charge in [-0.15, -0.1) is 0 Å². The molecule has 0 amide bonds. The summed E-state index contributed by atoms with van der Waals surface area (Å²) in [6.45, 7) is 9.15. The van der Waals surface area contributed by atoms with Gasteiger partial charge in [0.05, 0.1) is 0 Å². The Kier molecular flexibility index (Phi) is 8.18. The fourth-order valence-electron chi connectivity index (χ4n) is 1.81. The van der Waals surface area contributed by atoms with E-state index in [0.717, 1.165) is 11.8 Å². The van der Waals surface area contributed by atoms with E-state index in [0.29, 0.717) is 0 Å². The zero-order valence-electron chi connectivity index (χ0n) is 9.84. The fraction of sp³-hybridized carbons (Fsp3) is 0.846. The van der Waals surface area contributed by atoms with Crippen molar-refractivity contribution in [1.82, 2.24) is 0 Å². The van der Waals surface area contributed by atoms with Crippen LogP contribution in [0.3, 0.4) is 0 Å². The molecule has 0 aliphatic carbocycles. The SMILES string of the molecule is CCC=CC(C)C(CC)CCCC. The van der Waals surface area contributed by atoms with Crippen molar-refractivity contribution >= 4 is 0 Å². The van der Waals surface area contributed by atoms with Crippen molar-refractivity contribution in [2.45, 2.75) is 59.8 Å². The van der Waals surface area contributed by atoms with Gasteiger partial charge in [0.1, 0.15) is 0 Å². The van der Waals surface area contributed by atoms with Gasteiger partial charge < -0.3 is 0 Å². The molecule has 0 heteroatoms. The first-order valence-electron chi connectivity index (χ1n) is 5.92. The van der Waals surface area contributed by atoms with Crippen LogP contribution in [0.1, 0.15) is 59.8 Å². The molecule has 0 rings (SSSR count). The van der Waals surface area contributed by atoms with Crippen LogP contribution in [0.25, 0.3) is 0 Å². The van der Waals surface area contributed by atoms with Crippen LogP contribution < -0.4 is 0 Å². The average Bonchev–Trinajstić information content (AvgIpc) is 2.16. The first-order valence-corrected chi connectivity index (χ1v) is 5.92. The molecule has 0 aromatic rings. The van der Waals surface area contributed by atoms with E-state index in [9.17, 15) is 0 Å². The third-order valence-corrected chi connectivity index (χ3v) is 2.87. The lowest BCUT2D eigenvalue weighted by molar-refractivity contribution is 0.368. The molecule has 0 saturated carbocycles. The van der Waals surface area contributed by atoms with Gasteiger partial charge in [-0.1, -0.05) is 59.1 Å². The van der Waals surface area contributed by atoms with E-state index >= 15 is 0 Å². The topological polar surface area (TPSA) is 0 Å². The van der Waals surface area contributed by atoms with Gasteiger partial charge in [-0.2, -0.15) is 0 Å². The molecule has 0 aliphatic rings. The summed E-state index contributed by atoms with van der Waals surface area (Å²) in [4.78, 5) is 0. The van der Waals surface area contributed by atoms with Crippen molar-refractivity contribution in [3.8, 4) is 0 Å². The van der Waals surface area contributed by atoms with E-state index in [1.165, 1.54) is 32.1 Å². The molecular formula is C13H26. The van der Waals surface area contributed by atoms with Gasteiger partial charge in [0.2, 0.25) is 0 Å². The van der Waals surface area contributed by atoms with Crippen LogP contribution in [0.4, 0.5) is 0 Å². The molecule has 0 fully saturated rings. The van der Waals surface area contributed by atoms with E-state index in [2.05, 4.69) is 39.8 Å². The standard InChI is InChI=1S/C13H26/c1-5-8-10-12(4)13(7-3)11-9-6-2/h8,10,12-13H,5-7,9,11H2,1-4H3. The summed E-state index contributed by atoms with van der Waals surface area (Å²) in [7, 11) is 0. The zero-order valence-corrected chi connectivity index (χ0v) is 9.84. The number of allylic oxidation sites excluding steroid dienone is 2. The summed E-state index contributed by atoms with van der Waals surface area (Å²) in [5.41, 5.74) is 0. The lowest BCUT2D eigenvalue weighted by atomic mass is 9.87. The van der Waals surface area contributed by atoms with Crippen LogP contribution in [0.2, 0.25) is 0 Å². The molecule has 0 N–H and O–H groups in total. The average molecular weight is 182 g/mol. The van der Waals surface area contributed by atoms with E-state index in [-0.39, 0.29) is 0 Å². The Labute approximate surface area is 84.4 Å². The highest BCUT2D eigenvalue weighted by molar-refractivity contribution is 4.88. The zero-order chi connectivity index (χ0) is 10.1. The quantitative estimate of drug-likeness (QED) is 0.496. The van der Waals surface area contributed by atoms with Gasteiger partial charge in [0.25, 0.3) is 0 Å². The Morgan fingerprint density at radius 1 is 1.15 bits per heavy atom. The van der Waals surface area contributed by atoms with Crippen LogP contribution in [-0.2, 0) is 0 Å². The Balaban J connectivity index is 3.83. The minimum absolute atomic E-state index is 0.775. The lowest BCUT2D eigenvalue weighted by Gasteiger charge is -2.19. The second kappa shape index (κ2) is 8.34. The van der Waals surface area contributed by atoms with E-state index in [4.69, 9.17) is 0 Å². The van der Waals surface area contributed by atoms with E-state index in [1.807, 2.05) is 0 Å². The Morgan fingerprint density at radius 3 is 2.31 bits per heavy atom. The van der Waals surface area contributed by atoms with Gasteiger partial charge in [0, 0.05) is 0 Å². The highest BCUT2D eigenvalue weighted by atomic mass is 14.2. The maximum absolute atomic E-state index is 2.39. The minimum atomic E-state index is 0.775. The van der Waals surface area contributed by atoms with E-state index < -0.39 is 0 Å². The largest absolute Gasteiger partial charge is 0.0885 e. The van der Waals surface area contributed by atoms with Crippen molar-refractivity contribution in [2.75, 3.05) is 0 Å². The molecule has 0 bridgehead atoms. The first kappa shape index (κ1) is 12.7. The molecule has 0 saturated heterocycles. The number of hydrogen-bond acceptors (Lipinski definition) is 0. The smallest absolute Gasteiger partial charge is 0.0234 e. The van der Waals surface area contributed by atoms with Crippen LogP contribution in [-0.4, -0.2) is 0 Å². The predicted octanol–water partition coefficient (Wildman–Crippen LogP) is 4.81. The van der Waals surface area contributed by atoms with Crippen molar-refractivity contribution in [3.05, 3.63) is 12.2 Å². The maximum Gasteiger partial charge on any atom is -0.0234 e. The van der Waals surface area contributed by atoms with Crippen LogP contribution >= 0.6 is 0 Å². The van der Waals surface area contributed by atoms with Crippen LogP contribution in [0.15, 0.2) is 12.2 Å². The summed E-state index contributed by atoms with van der Waals surface area (Å²) in [6, 6.07) is 0. The molecule has 0 nitrogen and oxygen atoms in total. The minimum Gasteiger partial charge on any atom is -0.0885 e. The maximum atomic E-state index is 2.39. The van der Waals surface area contributed by atoms with Crippen molar-refractivity contribution in [2.24, 2.45) is 11.8 Å². The highest BCUT2D eigenvalue weighted by Gasteiger charge is 2.11. The predicted molar refractivity (Wildman–Crippen MR) is 61.9 cm³/mol. The van der Waals surface area contributed by atoms with Gasteiger partial charge in [-0.25, -0.2) is 0 Å². The summed E-state index contributed by atoms with van der Waals surface area (Å²) in [5, 5.41) is 0. The molecular weight excluding hydrogens is 156 g/mol. The normalized spacial score (nSPS) is 16.3. The molecule has 13 heavy (non-hydrogen) atoms. The van der Waals surface area contributed by atoms with Crippen molar-refractivity contribution in [3.63, 3.8) is 0 Å². The molecule has 0 aromatic carbocycles. The summed E-state index contributed by atoms with van der Waals surface area (Å²) >= 11 is 0. The van der Waals surface area contributed by atoms with Crippen molar-refractivity contribution in [1.29, 1.82) is 0 Å². The number of rotatable bonds is 7. The molecule has 78 valence electrons. The molecule has 0 aliphatic heterocycles. The first-order chi connectivity index (χ1) is 6.26. The van der Waals surface area contributed by atoms with E-state index in [1.54, 1.807) is 0 Å².